The molecule has 2 nitrogen and oxygen atoms in total. The lowest BCUT2D eigenvalue weighted by Crippen LogP contribution is -2.12. The Morgan fingerprint density at radius 3 is 2.57 bits per heavy atom. The number of nitrogens with two attached hydrogens (primary N) is 1. The van der Waals surface area contributed by atoms with Crippen molar-refractivity contribution in [2.24, 2.45) is 5.73 Å². The van der Waals surface area contributed by atoms with E-state index in [-0.39, 0.29) is 6.04 Å². The maximum Gasteiger partial charge on any atom is 0.111 e. The van der Waals surface area contributed by atoms with Crippen LogP contribution in [0.1, 0.15) is 40.9 Å². The van der Waals surface area contributed by atoms with Gasteiger partial charge in [0.15, 0.2) is 0 Å². The molecule has 4 rings (SSSR count). The molecule has 3 aromatic rings. The molecular formula is C18H18N2S. The number of thiazole rings is 1. The molecule has 2 aromatic carbocycles. The van der Waals surface area contributed by atoms with Crippen molar-refractivity contribution >= 4 is 21.6 Å². The van der Waals surface area contributed by atoms with Gasteiger partial charge in [0, 0.05) is 0 Å². The molecule has 21 heavy (non-hydrogen) atoms. The Labute approximate surface area is 128 Å². The van der Waals surface area contributed by atoms with E-state index in [9.17, 15) is 0 Å². The van der Waals surface area contributed by atoms with Gasteiger partial charge >= 0.3 is 0 Å². The maximum absolute atomic E-state index is 6.35. The Morgan fingerprint density at radius 2 is 1.86 bits per heavy atom. The average Bonchev–Trinajstić information content (AvgIpc) is 3.26. The molecule has 2 N–H and O–H groups in total. The van der Waals surface area contributed by atoms with Crippen LogP contribution in [0, 0.1) is 0 Å². The van der Waals surface area contributed by atoms with Crippen LogP contribution in [0.4, 0.5) is 0 Å². The fraction of sp³-hybridized carbons (Fsp3) is 0.278. The van der Waals surface area contributed by atoms with E-state index in [1.807, 2.05) is 18.2 Å². The second kappa shape index (κ2) is 5.24. The summed E-state index contributed by atoms with van der Waals surface area (Å²) >= 11 is 1.71. The summed E-state index contributed by atoms with van der Waals surface area (Å²) in [5, 5.41) is 1.03. The minimum atomic E-state index is -0.0193. The smallest absolute Gasteiger partial charge is 0.111 e. The standard InChI is InChI=1S/C18H18N2S/c19-15(18-20-16-3-1-2-4-17(16)21-18)11-12-5-7-13(8-6-12)14-9-10-14/h1-8,14-15H,9-11,19H2. The fourth-order valence-electron chi connectivity index (χ4n) is 2.73. The van der Waals surface area contributed by atoms with E-state index in [0.717, 1.165) is 22.9 Å². The summed E-state index contributed by atoms with van der Waals surface area (Å²) in [6.07, 6.45) is 3.56. The van der Waals surface area contributed by atoms with Crippen LogP contribution >= 0.6 is 11.3 Å². The first kappa shape index (κ1) is 13.0. The number of benzene rings is 2. The fourth-order valence-corrected chi connectivity index (χ4v) is 3.70. The third-order valence-electron chi connectivity index (χ3n) is 4.11. The van der Waals surface area contributed by atoms with E-state index in [4.69, 9.17) is 5.73 Å². The van der Waals surface area contributed by atoms with E-state index < -0.39 is 0 Å². The Balaban J connectivity index is 1.52. The van der Waals surface area contributed by atoms with Crippen LogP contribution in [0.5, 0.6) is 0 Å². The molecule has 1 unspecified atom stereocenters. The minimum absolute atomic E-state index is 0.0193. The predicted molar refractivity (Wildman–Crippen MR) is 88.7 cm³/mol. The van der Waals surface area contributed by atoms with Crippen LogP contribution in [0.25, 0.3) is 10.2 Å². The number of nitrogens with zero attached hydrogens (tertiary/aromatic N) is 1. The van der Waals surface area contributed by atoms with Gasteiger partial charge in [-0.15, -0.1) is 11.3 Å². The van der Waals surface area contributed by atoms with Crippen molar-refractivity contribution in [3.63, 3.8) is 0 Å². The molecule has 1 atom stereocenters. The van der Waals surface area contributed by atoms with E-state index in [1.54, 1.807) is 11.3 Å². The molecule has 1 saturated carbocycles. The molecule has 1 aromatic heterocycles. The summed E-state index contributed by atoms with van der Waals surface area (Å²) in [5.41, 5.74) is 10.2. The van der Waals surface area contributed by atoms with Gasteiger partial charge in [-0.2, -0.15) is 0 Å². The van der Waals surface area contributed by atoms with Crippen LogP contribution in [0.3, 0.4) is 0 Å². The zero-order valence-corrected chi connectivity index (χ0v) is 12.6. The van der Waals surface area contributed by atoms with Gasteiger partial charge in [-0.25, -0.2) is 4.98 Å². The largest absolute Gasteiger partial charge is 0.322 e. The summed E-state index contributed by atoms with van der Waals surface area (Å²) in [6.45, 7) is 0. The third-order valence-corrected chi connectivity index (χ3v) is 5.28. The topological polar surface area (TPSA) is 38.9 Å². The lowest BCUT2D eigenvalue weighted by molar-refractivity contribution is 0.717. The molecule has 0 aliphatic heterocycles. The van der Waals surface area contributed by atoms with E-state index in [1.165, 1.54) is 28.7 Å². The van der Waals surface area contributed by atoms with Gasteiger partial charge in [0.1, 0.15) is 5.01 Å². The third kappa shape index (κ3) is 2.71. The molecule has 1 fully saturated rings. The number of para-hydroxylation sites is 1. The van der Waals surface area contributed by atoms with Gasteiger partial charge in [-0.1, -0.05) is 36.4 Å². The van der Waals surface area contributed by atoms with E-state index in [2.05, 4.69) is 35.3 Å². The van der Waals surface area contributed by atoms with Crippen LogP contribution < -0.4 is 5.73 Å². The number of hydrogen-bond acceptors (Lipinski definition) is 3. The quantitative estimate of drug-likeness (QED) is 0.773. The molecule has 3 heteroatoms. The normalized spacial score (nSPS) is 16.2. The number of hydrogen-bond donors (Lipinski definition) is 1. The monoisotopic (exact) mass is 294 g/mol. The van der Waals surface area contributed by atoms with Crippen molar-refractivity contribution in [1.29, 1.82) is 0 Å². The molecule has 1 aliphatic carbocycles. The SMILES string of the molecule is NC(Cc1ccc(C2CC2)cc1)c1nc2ccccc2s1. The zero-order valence-electron chi connectivity index (χ0n) is 11.8. The van der Waals surface area contributed by atoms with E-state index in [0.29, 0.717) is 0 Å². The Bertz CT molecular complexity index is 723. The molecule has 106 valence electrons. The van der Waals surface area contributed by atoms with Gasteiger partial charge < -0.3 is 5.73 Å². The number of rotatable bonds is 4. The van der Waals surface area contributed by atoms with Gasteiger partial charge in [0.05, 0.1) is 16.3 Å². The van der Waals surface area contributed by atoms with Crippen molar-refractivity contribution in [2.75, 3.05) is 0 Å². The van der Waals surface area contributed by atoms with Crippen molar-refractivity contribution in [3.05, 3.63) is 64.7 Å². The molecule has 0 radical (unpaired) electrons. The number of aromatic nitrogens is 1. The highest BCUT2D eigenvalue weighted by atomic mass is 32.1. The second-order valence-electron chi connectivity index (χ2n) is 5.85. The first-order chi connectivity index (χ1) is 10.3. The van der Waals surface area contributed by atoms with Gasteiger partial charge in [-0.05, 0) is 48.4 Å². The lowest BCUT2D eigenvalue weighted by Gasteiger charge is -2.09. The van der Waals surface area contributed by atoms with Gasteiger partial charge in [-0.3, -0.25) is 0 Å². The molecule has 0 amide bonds. The molecule has 1 heterocycles. The maximum atomic E-state index is 6.35. The summed E-state index contributed by atoms with van der Waals surface area (Å²) in [7, 11) is 0. The Kier molecular flexibility index (Phi) is 3.24. The second-order valence-corrected chi connectivity index (χ2v) is 6.91. The molecule has 0 spiro atoms. The Morgan fingerprint density at radius 1 is 1.10 bits per heavy atom. The number of fused-ring (bicyclic) bond motifs is 1. The summed E-state index contributed by atoms with van der Waals surface area (Å²) < 4.78 is 1.21. The summed E-state index contributed by atoms with van der Waals surface area (Å²) in [6, 6.07) is 17.2. The highest BCUT2D eigenvalue weighted by Gasteiger charge is 2.23. The average molecular weight is 294 g/mol. The first-order valence-corrected chi connectivity index (χ1v) is 8.31. The van der Waals surface area contributed by atoms with Gasteiger partial charge in [0.25, 0.3) is 0 Å². The van der Waals surface area contributed by atoms with Crippen molar-refractivity contribution in [3.8, 4) is 0 Å². The Hall–Kier alpha value is -1.71. The summed E-state index contributed by atoms with van der Waals surface area (Å²) in [4.78, 5) is 4.66. The predicted octanol–water partition coefficient (Wildman–Crippen LogP) is 4.42. The summed E-state index contributed by atoms with van der Waals surface area (Å²) in [5.74, 6) is 0.817. The lowest BCUT2D eigenvalue weighted by atomic mass is 10.0. The highest BCUT2D eigenvalue weighted by Crippen LogP contribution is 2.40. The molecule has 1 aliphatic rings. The van der Waals surface area contributed by atoms with Crippen LogP contribution in [-0.2, 0) is 6.42 Å². The van der Waals surface area contributed by atoms with Gasteiger partial charge in [0.2, 0.25) is 0 Å². The van der Waals surface area contributed by atoms with Crippen LogP contribution in [0.2, 0.25) is 0 Å². The van der Waals surface area contributed by atoms with Crippen molar-refractivity contribution in [1.82, 2.24) is 4.98 Å². The van der Waals surface area contributed by atoms with Crippen molar-refractivity contribution < 1.29 is 0 Å². The van der Waals surface area contributed by atoms with Crippen LogP contribution in [0.15, 0.2) is 48.5 Å². The zero-order chi connectivity index (χ0) is 14.2. The highest BCUT2D eigenvalue weighted by molar-refractivity contribution is 7.18. The van der Waals surface area contributed by atoms with E-state index >= 15 is 0 Å². The first-order valence-electron chi connectivity index (χ1n) is 7.49. The van der Waals surface area contributed by atoms with Crippen molar-refractivity contribution in [2.45, 2.75) is 31.2 Å². The molecule has 0 bridgehead atoms. The molecule has 0 saturated heterocycles. The minimum Gasteiger partial charge on any atom is -0.322 e. The molecular weight excluding hydrogens is 276 g/mol. The van der Waals surface area contributed by atoms with Crippen LogP contribution in [-0.4, -0.2) is 4.98 Å².